The van der Waals surface area contributed by atoms with E-state index in [-0.39, 0.29) is 17.9 Å². The van der Waals surface area contributed by atoms with Crippen LogP contribution in [0.2, 0.25) is 0 Å². The molecule has 1 aliphatic heterocycles. The lowest BCUT2D eigenvalue weighted by molar-refractivity contribution is -0.124. The van der Waals surface area contributed by atoms with E-state index in [4.69, 9.17) is 4.42 Å². The third-order valence-corrected chi connectivity index (χ3v) is 4.58. The number of furan rings is 1. The van der Waals surface area contributed by atoms with Gasteiger partial charge in [0.05, 0.1) is 17.7 Å². The van der Waals surface area contributed by atoms with Crippen LogP contribution < -0.4 is 5.32 Å². The Morgan fingerprint density at radius 2 is 2.29 bits per heavy atom. The number of hydrogen-bond donors (Lipinski definition) is 1. The summed E-state index contributed by atoms with van der Waals surface area (Å²) >= 11 is 1.61. The average molecular weight is 310 g/mol. The number of rotatable bonds is 6. The van der Waals surface area contributed by atoms with Crippen molar-refractivity contribution in [1.82, 2.24) is 10.2 Å². The molecule has 1 saturated heterocycles. The van der Waals surface area contributed by atoms with Crippen LogP contribution in [0.1, 0.15) is 42.8 Å². The Bertz CT molecular complexity index is 501. The minimum Gasteiger partial charge on any atom is -0.469 e. The van der Waals surface area contributed by atoms with E-state index >= 15 is 0 Å². The van der Waals surface area contributed by atoms with Crippen molar-refractivity contribution < 1.29 is 14.0 Å². The Kier molecular flexibility index (Phi) is 5.73. The Hall–Kier alpha value is -1.43. The minimum atomic E-state index is -0.376. The summed E-state index contributed by atoms with van der Waals surface area (Å²) in [6.07, 6.45) is 4.20. The van der Waals surface area contributed by atoms with Crippen LogP contribution in [0, 0.1) is 0 Å². The van der Waals surface area contributed by atoms with E-state index in [0.29, 0.717) is 35.9 Å². The molecule has 0 spiro atoms. The molecule has 2 rings (SSSR count). The van der Waals surface area contributed by atoms with Crippen LogP contribution in [0.4, 0.5) is 0 Å². The predicted octanol–water partition coefficient (Wildman–Crippen LogP) is 2.27. The highest BCUT2D eigenvalue weighted by Crippen LogP contribution is 2.25. The Balaban J connectivity index is 2.04. The molecule has 1 aliphatic rings. The zero-order valence-corrected chi connectivity index (χ0v) is 13.4. The molecule has 0 bridgehead atoms. The van der Waals surface area contributed by atoms with Gasteiger partial charge in [0, 0.05) is 18.7 Å². The molecule has 6 heteroatoms. The van der Waals surface area contributed by atoms with Crippen molar-refractivity contribution in [2.45, 2.75) is 39.2 Å². The summed E-state index contributed by atoms with van der Waals surface area (Å²) in [6.45, 7) is 4.70. The van der Waals surface area contributed by atoms with Gasteiger partial charge in [0.25, 0.3) is 5.91 Å². The summed E-state index contributed by atoms with van der Waals surface area (Å²) in [5.41, 5.74) is 0.575. The second-order valence-electron chi connectivity index (χ2n) is 5.05. The summed E-state index contributed by atoms with van der Waals surface area (Å²) in [6, 6.07) is 1.31. The Morgan fingerprint density at radius 1 is 1.48 bits per heavy atom. The maximum absolute atomic E-state index is 12.6. The van der Waals surface area contributed by atoms with Gasteiger partial charge in [0.1, 0.15) is 11.8 Å². The summed E-state index contributed by atoms with van der Waals surface area (Å²) < 4.78 is 5.31. The first-order valence-electron chi connectivity index (χ1n) is 7.41. The van der Waals surface area contributed by atoms with Gasteiger partial charge in [-0.1, -0.05) is 20.3 Å². The summed E-state index contributed by atoms with van der Waals surface area (Å²) in [4.78, 5) is 26.5. The molecule has 2 heterocycles. The second-order valence-corrected chi connectivity index (χ2v) is 6.05. The monoisotopic (exact) mass is 310 g/mol. The van der Waals surface area contributed by atoms with Gasteiger partial charge < -0.3 is 14.6 Å². The number of nitrogens with zero attached hydrogens (tertiary/aromatic N) is 1. The van der Waals surface area contributed by atoms with Crippen LogP contribution in [-0.4, -0.2) is 40.9 Å². The smallest absolute Gasteiger partial charge is 0.258 e. The number of nitrogens with one attached hydrogen (secondary N) is 1. The predicted molar refractivity (Wildman–Crippen MR) is 83.3 cm³/mol. The molecule has 0 unspecified atom stereocenters. The van der Waals surface area contributed by atoms with Crippen LogP contribution in [0.15, 0.2) is 16.7 Å². The quantitative estimate of drug-likeness (QED) is 0.819. The molecule has 21 heavy (non-hydrogen) atoms. The zero-order valence-electron chi connectivity index (χ0n) is 12.6. The van der Waals surface area contributed by atoms with E-state index in [2.05, 4.69) is 12.2 Å². The molecule has 0 radical (unpaired) electrons. The molecule has 116 valence electrons. The van der Waals surface area contributed by atoms with Crippen molar-refractivity contribution in [2.75, 3.05) is 18.2 Å². The van der Waals surface area contributed by atoms with Gasteiger partial charge in [-0.3, -0.25) is 9.59 Å². The fraction of sp³-hybridized carbons (Fsp3) is 0.600. The maximum atomic E-state index is 12.6. The van der Waals surface area contributed by atoms with Gasteiger partial charge >= 0.3 is 0 Å². The number of amides is 2. The van der Waals surface area contributed by atoms with Crippen molar-refractivity contribution in [3.05, 3.63) is 23.7 Å². The van der Waals surface area contributed by atoms with Gasteiger partial charge in [-0.15, -0.1) is 11.8 Å². The highest BCUT2D eigenvalue weighted by Gasteiger charge is 2.35. The van der Waals surface area contributed by atoms with Gasteiger partial charge in [0.15, 0.2) is 0 Å². The van der Waals surface area contributed by atoms with Crippen molar-refractivity contribution in [2.24, 2.45) is 0 Å². The Labute approximate surface area is 129 Å². The molecular weight excluding hydrogens is 288 g/mol. The molecule has 0 aromatic carbocycles. The third kappa shape index (κ3) is 3.61. The molecule has 1 aromatic rings. The maximum Gasteiger partial charge on any atom is 0.258 e. The molecule has 2 amide bonds. The van der Waals surface area contributed by atoms with Crippen LogP contribution in [0.3, 0.4) is 0 Å². The topological polar surface area (TPSA) is 62.6 Å². The molecule has 1 N–H and O–H groups in total. The van der Waals surface area contributed by atoms with Crippen LogP contribution >= 0.6 is 11.8 Å². The van der Waals surface area contributed by atoms with Crippen LogP contribution in [0.25, 0.3) is 0 Å². The molecule has 1 atom stereocenters. The van der Waals surface area contributed by atoms with E-state index in [1.807, 2.05) is 6.92 Å². The van der Waals surface area contributed by atoms with Gasteiger partial charge in [-0.2, -0.15) is 0 Å². The lowest BCUT2D eigenvalue weighted by Gasteiger charge is -2.23. The molecule has 1 fully saturated rings. The molecule has 5 nitrogen and oxygen atoms in total. The number of carbonyl (C=O) groups is 2. The molecule has 1 aromatic heterocycles. The van der Waals surface area contributed by atoms with Crippen molar-refractivity contribution >= 4 is 23.6 Å². The zero-order chi connectivity index (χ0) is 15.2. The van der Waals surface area contributed by atoms with E-state index < -0.39 is 0 Å². The highest BCUT2D eigenvalue weighted by atomic mass is 32.2. The van der Waals surface area contributed by atoms with E-state index in [9.17, 15) is 9.59 Å². The SMILES string of the molecule is CCCCNC(=O)[C@@H]1CSCN1C(=O)c1ccoc1CC. The summed E-state index contributed by atoms with van der Waals surface area (Å²) in [5.74, 6) is 1.73. The van der Waals surface area contributed by atoms with Gasteiger partial charge in [-0.25, -0.2) is 0 Å². The highest BCUT2D eigenvalue weighted by molar-refractivity contribution is 7.99. The largest absolute Gasteiger partial charge is 0.469 e. The number of unbranched alkanes of at least 4 members (excludes halogenated alkanes) is 1. The van der Waals surface area contributed by atoms with E-state index in [1.54, 1.807) is 22.7 Å². The average Bonchev–Trinajstić information content (AvgIpc) is 3.15. The minimum absolute atomic E-state index is 0.0525. The summed E-state index contributed by atoms with van der Waals surface area (Å²) in [5, 5.41) is 2.91. The van der Waals surface area contributed by atoms with Crippen LogP contribution in [-0.2, 0) is 11.2 Å². The molecule has 0 aliphatic carbocycles. The van der Waals surface area contributed by atoms with Crippen molar-refractivity contribution in [3.8, 4) is 0 Å². The summed E-state index contributed by atoms with van der Waals surface area (Å²) in [7, 11) is 0. The Morgan fingerprint density at radius 3 is 3.00 bits per heavy atom. The van der Waals surface area contributed by atoms with Crippen molar-refractivity contribution in [3.63, 3.8) is 0 Å². The van der Waals surface area contributed by atoms with E-state index in [0.717, 1.165) is 12.8 Å². The first kappa shape index (κ1) is 15.9. The van der Waals surface area contributed by atoms with Gasteiger partial charge in [-0.05, 0) is 12.5 Å². The third-order valence-electron chi connectivity index (χ3n) is 3.57. The number of carbonyl (C=O) groups excluding carboxylic acids is 2. The number of hydrogen-bond acceptors (Lipinski definition) is 4. The fourth-order valence-corrected chi connectivity index (χ4v) is 3.48. The van der Waals surface area contributed by atoms with E-state index in [1.165, 1.54) is 6.26 Å². The van der Waals surface area contributed by atoms with Gasteiger partial charge in [0.2, 0.25) is 5.91 Å². The molecule has 0 saturated carbocycles. The van der Waals surface area contributed by atoms with Crippen LogP contribution in [0.5, 0.6) is 0 Å². The lowest BCUT2D eigenvalue weighted by atomic mass is 10.1. The normalized spacial score (nSPS) is 18.0. The first-order chi connectivity index (χ1) is 10.2. The number of thioether (sulfide) groups is 1. The standard InChI is InChI=1S/C15H22N2O3S/c1-3-5-7-16-14(18)12-9-21-10-17(12)15(19)11-6-8-20-13(11)4-2/h6,8,12H,3-5,7,9-10H2,1-2H3,(H,16,18)/t12-/m0/s1. The van der Waals surface area contributed by atoms with Crippen molar-refractivity contribution in [1.29, 1.82) is 0 Å². The lowest BCUT2D eigenvalue weighted by Crippen LogP contribution is -2.47. The molecular formula is C15H22N2O3S. The first-order valence-corrected chi connectivity index (χ1v) is 8.57. The fourth-order valence-electron chi connectivity index (χ4n) is 2.33. The second kappa shape index (κ2) is 7.54. The number of aryl methyl sites for hydroxylation is 1.